The second-order valence-corrected chi connectivity index (χ2v) is 7.33. The molecule has 0 amide bonds. The van der Waals surface area contributed by atoms with E-state index in [1.807, 2.05) is 4.90 Å². The minimum atomic E-state index is -0.377. The van der Waals surface area contributed by atoms with Crippen LogP contribution in [-0.2, 0) is 20.8 Å². The van der Waals surface area contributed by atoms with Crippen molar-refractivity contribution < 1.29 is 14.3 Å². The molecular formula is C22H31N7O3. The molecule has 0 radical (unpaired) electrons. The molecule has 32 heavy (non-hydrogen) atoms. The Morgan fingerprint density at radius 1 is 1.34 bits per heavy atom. The number of aromatic nitrogens is 4. The number of ether oxygens (including phenoxy) is 2. The Balaban J connectivity index is 2.07. The lowest BCUT2D eigenvalue weighted by Gasteiger charge is -2.27. The van der Waals surface area contributed by atoms with Gasteiger partial charge < -0.3 is 20.1 Å². The minimum Gasteiger partial charge on any atom is -0.465 e. The summed E-state index contributed by atoms with van der Waals surface area (Å²) in [7, 11) is 0. The zero-order valence-corrected chi connectivity index (χ0v) is 18.8. The highest BCUT2D eigenvalue weighted by atomic mass is 16.5. The van der Waals surface area contributed by atoms with Crippen molar-refractivity contribution in [1.29, 1.82) is 0 Å². The van der Waals surface area contributed by atoms with Gasteiger partial charge in [0.1, 0.15) is 6.54 Å². The molecule has 1 fully saturated rings. The zero-order chi connectivity index (χ0) is 22.9. The molecule has 1 aliphatic rings. The second-order valence-electron chi connectivity index (χ2n) is 7.33. The highest BCUT2D eigenvalue weighted by Crippen LogP contribution is 2.26. The lowest BCUT2D eigenvalue weighted by atomic mass is 10.1. The number of allylic oxidation sites excluding steroid dienone is 2. The Labute approximate surface area is 187 Å². The highest BCUT2D eigenvalue weighted by Gasteiger charge is 2.21. The molecule has 10 nitrogen and oxygen atoms in total. The Bertz CT molecular complexity index is 1010. The SMILES string of the molecule is C=C/C(=C\N=C(N)CCCC)c1nc(N2CCOCC2)nc2c1cnn2CC(=O)OCC. The van der Waals surface area contributed by atoms with Crippen LogP contribution in [0.25, 0.3) is 16.6 Å². The van der Waals surface area contributed by atoms with Gasteiger partial charge in [0.2, 0.25) is 5.95 Å². The predicted octanol–water partition coefficient (Wildman–Crippen LogP) is 2.30. The molecule has 3 heterocycles. The number of fused-ring (bicyclic) bond motifs is 1. The molecule has 0 aliphatic carbocycles. The summed E-state index contributed by atoms with van der Waals surface area (Å²) in [6.45, 7) is 10.6. The Kier molecular flexibility index (Phi) is 8.32. The molecule has 0 saturated carbocycles. The maximum Gasteiger partial charge on any atom is 0.327 e. The number of aliphatic imine (C=N–C) groups is 1. The van der Waals surface area contributed by atoms with Crippen LogP contribution in [0.5, 0.6) is 0 Å². The van der Waals surface area contributed by atoms with Crippen LogP contribution in [0.4, 0.5) is 5.95 Å². The van der Waals surface area contributed by atoms with Crippen LogP contribution in [0.3, 0.4) is 0 Å². The van der Waals surface area contributed by atoms with E-state index in [1.54, 1.807) is 25.4 Å². The van der Waals surface area contributed by atoms with Crippen molar-refractivity contribution in [2.75, 3.05) is 37.8 Å². The smallest absolute Gasteiger partial charge is 0.327 e. The number of rotatable bonds is 10. The summed E-state index contributed by atoms with van der Waals surface area (Å²) in [5.74, 6) is 0.721. The lowest BCUT2D eigenvalue weighted by Crippen LogP contribution is -2.37. The number of carbonyl (C=O) groups is 1. The summed E-state index contributed by atoms with van der Waals surface area (Å²) in [5.41, 5.74) is 7.91. The number of nitrogens with two attached hydrogens (primary N) is 1. The maximum absolute atomic E-state index is 12.1. The number of unbranched alkanes of at least 4 members (excludes halogenated alkanes) is 1. The third kappa shape index (κ3) is 5.70. The van der Waals surface area contributed by atoms with E-state index in [1.165, 1.54) is 4.68 Å². The average molecular weight is 442 g/mol. The van der Waals surface area contributed by atoms with Crippen LogP contribution in [0, 0.1) is 0 Å². The fraction of sp³-hybridized carbons (Fsp3) is 0.500. The first-order valence-corrected chi connectivity index (χ1v) is 10.9. The fourth-order valence-corrected chi connectivity index (χ4v) is 3.30. The van der Waals surface area contributed by atoms with Gasteiger partial charge in [0.25, 0.3) is 0 Å². The number of carbonyl (C=O) groups excluding carboxylic acids is 1. The topological polar surface area (TPSA) is 121 Å². The molecule has 0 aromatic carbocycles. The number of amidine groups is 1. The Morgan fingerprint density at radius 2 is 2.12 bits per heavy atom. The van der Waals surface area contributed by atoms with Crippen molar-refractivity contribution in [3.8, 4) is 0 Å². The fourth-order valence-electron chi connectivity index (χ4n) is 3.30. The van der Waals surface area contributed by atoms with Crippen LogP contribution in [-0.4, -0.2) is 64.5 Å². The van der Waals surface area contributed by atoms with Crippen LogP contribution in [0.15, 0.2) is 30.0 Å². The van der Waals surface area contributed by atoms with Gasteiger partial charge >= 0.3 is 5.97 Å². The predicted molar refractivity (Wildman–Crippen MR) is 124 cm³/mol. The van der Waals surface area contributed by atoms with Gasteiger partial charge in [0, 0.05) is 31.3 Å². The van der Waals surface area contributed by atoms with Crippen LogP contribution < -0.4 is 10.6 Å². The molecule has 10 heteroatoms. The number of esters is 1. The minimum absolute atomic E-state index is 0.0361. The molecule has 1 saturated heterocycles. The molecule has 0 spiro atoms. The summed E-state index contributed by atoms with van der Waals surface area (Å²) < 4.78 is 12.1. The van der Waals surface area contributed by atoms with Crippen molar-refractivity contribution in [1.82, 2.24) is 19.7 Å². The van der Waals surface area contributed by atoms with E-state index < -0.39 is 0 Å². The number of morpholine rings is 1. The maximum atomic E-state index is 12.1. The van der Waals surface area contributed by atoms with Gasteiger partial charge in [-0.15, -0.1) is 0 Å². The molecule has 172 valence electrons. The summed E-state index contributed by atoms with van der Waals surface area (Å²) in [6, 6.07) is 0. The van der Waals surface area contributed by atoms with Crippen molar-refractivity contribution in [2.24, 2.45) is 10.7 Å². The molecule has 3 rings (SSSR count). The normalized spacial score (nSPS) is 15.2. The van der Waals surface area contributed by atoms with Crippen molar-refractivity contribution >= 4 is 34.4 Å². The largest absolute Gasteiger partial charge is 0.465 e. The van der Waals surface area contributed by atoms with Crippen LogP contribution >= 0.6 is 0 Å². The van der Waals surface area contributed by atoms with E-state index in [0.717, 1.165) is 19.3 Å². The highest BCUT2D eigenvalue weighted by molar-refractivity contribution is 5.92. The first kappa shape index (κ1) is 23.4. The molecule has 1 aliphatic heterocycles. The van der Waals surface area contributed by atoms with Crippen molar-refractivity contribution in [3.63, 3.8) is 0 Å². The zero-order valence-electron chi connectivity index (χ0n) is 18.8. The number of nitrogens with zero attached hydrogens (tertiary/aromatic N) is 6. The average Bonchev–Trinajstić information content (AvgIpc) is 3.21. The molecule has 0 atom stereocenters. The molecular weight excluding hydrogens is 410 g/mol. The quantitative estimate of drug-likeness (QED) is 0.258. The molecule has 2 N–H and O–H groups in total. The van der Waals surface area contributed by atoms with E-state index in [-0.39, 0.29) is 12.5 Å². The Morgan fingerprint density at radius 3 is 2.81 bits per heavy atom. The summed E-state index contributed by atoms with van der Waals surface area (Å²) in [6.07, 6.45) is 7.76. The number of hydrogen-bond donors (Lipinski definition) is 1. The van der Waals surface area contributed by atoms with E-state index in [4.69, 9.17) is 25.2 Å². The van der Waals surface area contributed by atoms with Gasteiger partial charge in [-0.25, -0.2) is 14.7 Å². The monoisotopic (exact) mass is 441 g/mol. The lowest BCUT2D eigenvalue weighted by molar-refractivity contribution is -0.143. The van der Waals surface area contributed by atoms with Crippen molar-refractivity contribution in [2.45, 2.75) is 39.7 Å². The first-order valence-electron chi connectivity index (χ1n) is 10.9. The molecule has 0 unspecified atom stereocenters. The van der Waals surface area contributed by atoms with E-state index in [9.17, 15) is 4.79 Å². The van der Waals surface area contributed by atoms with Gasteiger partial charge in [0.15, 0.2) is 5.65 Å². The third-order valence-corrected chi connectivity index (χ3v) is 5.01. The van der Waals surface area contributed by atoms with Gasteiger partial charge in [-0.1, -0.05) is 26.0 Å². The number of hydrogen-bond acceptors (Lipinski definition) is 8. The number of anilines is 1. The van der Waals surface area contributed by atoms with Gasteiger partial charge in [0.05, 0.1) is 42.9 Å². The molecule has 2 aromatic rings. The van der Waals surface area contributed by atoms with Gasteiger partial charge in [-0.2, -0.15) is 10.1 Å². The van der Waals surface area contributed by atoms with E-state index in [2.05, 4.69) is 23.6 Å². The van der Waals surface area contributed by atoms with E-state index in [0.29, 0.717) is 67.0 Å². The van der Waals surface area contributed by atoms with E-state index >= 15 is 0 Å². The standard InChI is InChI=1S/C22H31N7O3/c1-4-7-8-18(23)24-13-16(5-2)20-17-14-25-29(15-19(30)32-6-3)21(17)27-22(26-20)28-9-11-31-12-10-28/h5,13-14H,2,4,6-12,15H2,1,3H3,(H2,23,24)/b16-13+. The summed E-state index contributed by atoms with van der Waals surface area (Å²) >= 11 is 0. The first-order chi connectivity index (χ1) is 15.6. The second kappa shape index (κ2) is 11.4. The molecule has 0 bridgehead atoms. The van der Waals surface area contributed by atoms with Crippen molar-refractivity contribution in [3.05, 3.63) is 30.7 Å². The Hall–Kier alpha value is -3.27. The third-order valence-electron chi connectivity index (χ3n) is 5.01. The molecule has 2 aromatic heterocycles. The summed E-state index contributed by atoms with van der Waals surface area (Å²) in [5, 5.41) is 5.06. The summed E-state index contributed by atoms with van der Waals surface area (Å²) in [4.78, 5) is 28.0. The van der Waals surface area contributed by atoms with Crippen LogP contribution in [0.1, 0.15) is 38.8 Å². The van der Waals surface area contributed by atoms with Gasteiger partial charge in [-0.3, -0.25) is 4.79 Å². The van der Waals surface area contributed by atoms with Crippen LogP contribution in [0.2, 0.25) is 0 Å². The van der Waals surface area contributed by atoms with Gasteiger partial charge in [-0.05, 0) is 13.3 Å².